The Bertz CT molecular complexity index is 543. The Morgan fingerprint density at radius 3 is 2.88 bits per heavy atom. The molecule has 0 bridgehead atoms. The van der Waals surface area contributed by atoms with E-state index in [1.54, 1.807) is 30.7 Å². The van der Waals surface area contributed by atoms with Crippen molar-refractivity contribution >= 4 is 17.6 Å². The summed E-state index contributed by atoms with van der Waals surface area (Å²) < 4.78 is 0. The zero-order valence-electron chi connectivity index (χ0n) is 8.80. The standard InChI is InChI=1S/C12H9ClN2O2/c13-11-4-9(5-12(16)17)10(7-15-11)8-2-1-3-14-6-8/h1-4,6-7H,5H2,(H,16,17). The number of halogens is 1. The van der Waals surface area contributed by atoms with Crippen LogP contribution in [0.4, 0.5) is 0 Å². The van der Waals surface area contributed by atoms with Crippen LogP contribution in [-0.4, -0.2) is 21.0 Å². The van der Waals surface area contributed by atoms with Crippen molar-refractivity contribution in [3.8, 4) is 11.1 Å². The lowest BCUT2D eigenvalue weighted by Gasteiger charge is -2.07. The number of aliphatic carboxylic acids is 1. The maximum atomic E-state index is 10.8. The van der Waals surface area contributed by atoms with Crippen molar-refractivity contribution in [1.82, 2.24) is 9.97 Å². The second kappa shape index (κ2) is 4.93. The molecule has 86 valence electrons. The summed E-state index contributed by atoms with van der Waals surface area (Å²) in [6.07, 6.45) is 4.80. The Morgan fingerprint density at radius 2 is 2.24 bits per heavy atom. The minimum Gasteiger partial charge on any atom is -0.481 e. The Kier molecular flexibility index (Phi) is 3.35. The first-order valence-corrected chi connectivity index (χ1v) is 5.31. The minimum atomic E-state index is -0.905. The summed E-state index contributed by atoms with van der Waals surface area (Å²) in [5.74, 6) is -0.905. The molecule has 2 aromatic heterocycles. The van der Waals surface area contributed by atoms with Gasteiger partial charge in [0.15, 0.2) is 0 Å². The maximum Gasteiger partial charge on any atom is 0.307 e. The van der Waals surface area contributed by atoms with Crippen molar-refractivity contribution in [2.45, 2.75) is 6.42 Å². The monoisotopic (exact) mass is 248 g/mol. The second-order valence-corrected chi connectivity index (χ2v) is 3.86. The molecule has 0 aliphatic rings. The van der Waals surface area contributed by atoms with Crippen molar-refractivity contribution in [3.05, 3.63) is 47.5 Å². The van der Waals surface area contributed by atoms with Crippen molar-refractivity contribution < 1.29 is 9.90 Å². The van der Waals surface area contributed by atoms with Gasteiger partial charge in [0.2, 0.25) is 0 Å². The number of carbonyl (C=O) groups is 1. The Balaban J connectivity index is 2.50. The number of rotatable bonds is 3. The SMILES string of the molecule is O=C(O)Cc1cc(Cl)ncc1-c1cccnc1. The van der Waals surface area contributed by atoms with Gasteiger partial charge in [0, 0.05) is 29.7 Å². The molecule has 0 aromatic carbocycles. The van der Waals surface area contributed by atoms with E-state index in [2.05, 4.69) is 9.97 Å². The predicted octanol–water partition coefficient (Wildman–Crippen LogP) is 2.42. The summed E-state index contributed by atoms with van der Waals surface area (Å²) in [5.41, 5.74) is 2.20. The third-order valence-electron chi connectivity index (χ3n) is 2.27. The molecule has 2 heterocycles. The van der Waals surface area contributed by atoms with Gasteiger partial charge in [-0.25, -0.2) is 4.98 Å². The summed E-state index contributed by atoms with van der Waals surface area (Å²) in [6.45, 7) is 0. The van der Waals surface area contributed by atoms with E-state index >= 15 is 0 Å². The van der Waals surface area contributed by atoms with Crippen LogP contribution < -0.4 is 0 Å². The van der Waals surface area contributed by atoms with E-state index in [9.17, 15) is 4.79 Å². The molecule has 0 saturated heterocycles. The van der Waals surface area contributed by atoms with Gasteiger partial charge in [-0.05, 0) is 17.7 Å². The summed E-state index contributed by atoms with van der Waals surface area (Å²) in [7, 11) is 0. The molecule has 0 spiro atoms. The van der Waals surface area contributed by atoms with E-state index in [1.165, 1.54) is 0 Å². The molecule has 0 radical (unpaired) electrons. The number of carboxylic acids is 1. The molecular weight excluding hydrogens is 240 g/mol. The Morgan fingerprint density at radius 1 is 1.41 bits per heavy atom. The summed E-state index contributed by atoms with van der Waals surface area (Å²) in [4.78, 5) is 18.7. The predicted molar refractivity (Wildman–Crippen MR) is 63.8 cm³/mol. The van der Waals surface area contributed by atoms with Gasteiger partial charge in [0.1, 0.15) is 5.15 Å². The van der Waals surface area contributed by atoms with Gasteiger partial charge in [-0.1, -0.05) is 17.7 Å². The zero-order chi connectivity index (χ0) is 12.3. The van der Waals surface area contributed by atoms with Crippen LogP contribution in [0.25, 0.3) is 11.1 Å². The van der Waals surface area contributed by atoms with Crippen molar-refractivity contribution in [1.29, 1.82) is 0 Å². The topological polar surface area (TPSA) is 63.1 Å². The Labute approximate surface area is 103 Å². The van der Waals surface area contributed by atoms with Crippen molar-refractivity contribution in [3.63, 3.8) is 0 Å². The molecule has 0 saturated carbocycles. The lowest BCUT2D eigenvalue weighted by atomic mass is 10.0. The summed E-state index contributed by atoms with van der Waals surface area (Å²) >= 11 is 5.77. The number of carboxylic acid groups (broad SMARTS) is 1. The molecule has 0 aliphatic carbocycles. The number of pyridine rings is 2. The van der Waals surface area contributed by atoms with Gasteiger partial charge in [-0.3, -0.25) is 9.78 Å². The highest BCUT2D eigenvalue weighted by atomic mass is 35.5. The van der Waals surface area contributed by atoms with Crippen LogP contribution >= 0.6 is 11.6 Å². The van der Waals surface area contributed by atoms with E-state index in [1.807, 2.05) is 6.07 Å². The van der Waals surface area contributed by atoms with Crippen LogP contribution in [0.5, 0.6) is 0 Å². The van der Waals surface area contributed by atoms with Crippen LogP contribution in [-0.2, 0) is 11.2 Å². The van der Waals surface area contributed by atoms with Gasteiger partial charge in [-0.15, -0.1) is 0 Å². The number of nitrogens with zero attached hydrogens (tertiary/aromatic N) is 2. The molecule has 0 aliphatic heterocycles. The fourth-order valence-electron chi connectivity index (χ4n) is 1.56. The average Bonchev–Trinajstić information content (AvgIpc) is 2.29. The molecule has 5 heteroatoms. The molecule has 2 rings (SSSR count). The largest absolute Gasteiger partial charge is 0.481 e. The first-order valence-electron chi connectivity index (χ1n) is 4.93. The number of hydrogen-bond donors (Lipinski definition) is 1. The third-order valence-corrected chi connectivity index (χ3v) is 2.48. The molecule has 2 aromatic rings. The fourth-order valence-corrected chi connectivity index (χ4v) is 1.74. The third kappa shape index (κ3) is 2.79. The van der Waals surface area contributed by atoms with Crippen LogP contribution in [0, 0.1) is 0 Å². The highest BCUT2D eigenvalue weighted by molar-refractivity contribution is 6.29. The van der Waals surface area contributed by atoms with Crippen LogP contribution in [0.1, 0.15) is 5.56 Å². The average molecular weight is 249 g/mol. The molecule has 1 N–H and O–H groups in total. The molecule has 0 amide bonds. The highest BCUT2D eigenvalue weighted by Gasteiger charge is 2.10. The van der Waals surface area contributed by atoms with E-state index in [4.69, 9.17) is 16.7 Å². The molecular formula is C12H9ClN2O2. The van der Waals surface area contributed by atoms with E-state index < -0.39 is 5.97 Å². The summed E-state index contributed by atoms with van der Waals surface area (Å²) in [5, 5.41) is 9.14. The lowest BCUT2D eigenvalue weighted by Crippen LogP contribution is -2.02. The molecule has 0 fully saturated rings. The molecule has 0 atom stereocenters. The van der Waals surface area contributed by atoms with E-state index in [0.29, 0.717) is 5.56 Å². The van der Waals surface area contributed by atoms with Gasteiger partial charge >= 0.3 is 5.97 Å². The zero-order valence-corrected chi connectivity index (χ0v) is 9.55. The van der Waals surface area contributed by atoms with Crippen molar-refractivity contribution in [2.75, 3.05) is 0 Å². The Hall–Kier alpha value is -1.94. The van der Waals surface area contributed by atoms with E-state index in [0.717, 1.165) is 11.1 Å². The van der Waals surface area contributed by atoms with Gasteiger partial charge in [-0.2, -0.15) is 0 Å². The smallest absolute Gasteiger partial charge is 0.307 e. The first-order chi connectivity index (χ1) is 8.16. The molecule has 0 unspecified atom stereocenters. The van der Waals surface area contributed by atoms with E-state index in [-0.39, 0.29) is 11.6 Å². The van der Waals surface area contributed by atoms with Gasteiger partial charge in [0.25, 0.3) is 0 Å². The normalized spacial score (nSPS) is 10.2. The van der Waals surface area contributed by atoms with Crippen LogP contribution in [0.3, 0.4) is 0 Å². The maximum absolute atomic E-state index is 10.8. The summed E-state index contributed by atoms with van der Waals surface area (Å²) in [6, 6.07) is 5.20. The number of hydrogen-bond acceptors (Lipinski definition) is 3. The highest BCUT2D eigenvalue weighted by Crippen LogP contribution is 2.24. The van der Waals surface area contributed by atoms with Crippen LogP contribution in [0.15, 0.2) is 36.8 Å². The number of aromatic nitrogens is 2. The minimum absolute atomic E-state index is 0.0908. The lowest BCUT2D eigenvalue weighted by molar-refractivity contribution is -0.136. The fraction of sp³-hybridized carbons (Fsp3) is 0.0833. The first kappa shape index (κ1) is 11.5. The molecule has 4 nitrogen and oxygen atoms in total. The van der Waals surface area contributed by atoms with Crippen LogP contribution in [0.2, 0.25) is 5.15 Å². The van der Waals surface area contributed by atoms with Gasteiger partial charge in [0.05, 0.1) is 6.42 Å². The second-order valence-electron chi connectivity index (χ2n) is 3.48. The quantitative estimate of drug-likeness (QED) is 0.848. The van der Waals surface area contributed by atoms with Gasteiger partial charge < -0.3 is 5.11 Å². The molecule has 17 heavy (non-hydrogen) atoms. The van der Waals surface area contributed by atoms with Crippen molar-refractivity contribution in [2.24, 2.45) is 0 Å².